The van der Waals surface area contributed by atoms with E-state index in [1.807, 2.05) is 0 Å². The fourth-order valence-electron chi connectivity index (χ4n) is 3.57. The molecule has 3 aromatic rings. The molecule has 34 heavy (non-hydrogen) atoms. The van der Waals surface area contributed by atoms with Crippen molar-refractivity contribution >= 4 is 34.4 Å². The number of benzene rings is 1. The highest BCUT2D eigenvalue weighted by Gasteiger charge is 2.62. The lowest BCUT2D eigenvalue weighted by Gasteiger charge is -2.46. The van der Waals surface area contributed by atoms with Gasteiger partial charge in [0, 0.05) is 23.2 Å². The van der Waals surface area contributed by atoms with Crippen LogP contribution in [0, 0.1) is 0 Å². The molecule has 0 aliphatic carbocycles. The number of nitrogens with zero attached hydrogens (tertiary/aromatic N) is 3. The Labute approximate surface area is 195 Å². The number of likely N-dealkylation sites (tertiary alicyclic amines) is 1. The van der Waals surface area contributed by atoms with Crippen LogP contribution in [-0.2, 0) is 17.9 Å². The molecule has 1 aliphatic rings. The fourth-order valence-corrected chi connectivity index (χ4v) is 3.70. The van der Waals surface area contributed by atoms with Crippen molar-refractivity contribution < 1.29 is 27.9 Å². The molecule has 4 rings (SSSR count). The van der Waals surface area contributed by atoms with Crippen molar-refractivity contribution in [3.8, 4) is 0 Å². The summed E-state index contributed by atoms with van der Waals surface area (Å²) in [6.07, 6.45) is -3.49. The van der Waals surface area contributed by atoms with E-state index in [0.717, 1.165) is 15.0 Å². The van der Waals surface area contributed by atoms with E-state index in [0.29, 0.717) is 10.4 Å². The van der Waals surface area contributed by atoms with Crippen LogP contribution in [0.2, 0.25) is 5.02 Å². The van der Waals surface area contributed by atoms with Crippen molar-refractivity contribution in [3.05, 3.63) is 75.2 Å². The SMILES string of the molecule is O=C(NCc1ccc(Cl)cc1)c1cc2cccnc2n(CC(=O)N2CC(O)(C(F)(F)F)C2)c1=O. The van der Waals surface area contributed by atoms with Gasteiger partial charge in [0.2, 0.25) is 5.91 Å². The zero-order valence-electron chi connectivity index (χ0n) is 17.5. The third kappa shape index (κ3) is 4.48. The van der Waals surface area contributed by atoms with Gasteiger partial charge in [-0.2, -0.15) is 13.2 Å². The average Bonchev–Trinajstić information content (AvgIpc) is 2.77. The molecule has 3 heterocycles. The number of hydrogen-bond donors (Lipinski definition) is 2. The van der Waals surface area contributed by atoms with Gasteiger partial charge in [-0.25, -0.2) is 4.98 Å². The molecule has 1 saturated heterocycles. The molecule has 1 aromatic carbocycles. The number of β-amino-alcohol motifs (C(OH)–C–C–N with tert-alkyl or cyclic N) is 1. The minimum atomic E-state index is -4.88. The number of pyridine rings is 2. The molecule has 2 amide bonds. The van der Waals surface area contributed by atoms with Crippen molar-refractivity contribution in [2.75, 3.05) is 13.1 Å². The molecule has 12 heteroatoms. The molecule has 0 saturated carbocycles. The monoisotopic (exact) mass is 494 g/mol. The first-order valence-corrected chi connectivity index (χ1v) is 10.4. The van der Waals surface area contributed by atoms with Gasteiger partial charge in [-0.3, -0.25) is 19.0 Å². The van der Waals surface area contributed by atoms with Crippen LogP contribution in [0.25, 0.3) is 11.0 Å². The minimum Gasteiger partial charge on any atom is -0.378 e. The van der Waals surface area contributed by atoms with E-state index >= 15 is 0 Å². The van der Waals surface area contributed by atoms with E-state index in [4.69, 9.17) is 11.6 Å². The van der Waals surface area contributed by atoms with Crippen LogP contribution in [0.1, 0.15) is 15.9 Å². The Kier molecular flexibility index (Phi) is 6.09. The number of alkyl halides is 3. The number of halogens is 4. The zero-order chi connectivity index (χ0) is 24.7. The highest BCUT2D eigenvalue weighted by Crippen LogP contribution is 2.37. The first-order chi connectivity index (χ1) is 16.0. The number of hydrogen-bond acceptors (Lipinski definition) is 5. The summed E-state index contributed by atoms with van der Waals surface area (Å²) in [6.45, 7) is -2.39. The Hall–Kier alpha value is -3.44. The Balaban J connectivity index is 1.58. The van der Waals surface area contributed by atoms with Crippen molar-refractivity contribution in [1.29, 1.82) is 0 Å². The molecule has 8 nitrogen and oxygen atoms in total. The topological polar surface area (TPSA) is 105 Å². The maximum atomic E-state index is 13.1. The summed E-state index contributed by atoms with van der Waals surface area (Å²) in [4.78, 5) is 43.3. The first-order valence-electron chi connectivity index (χ1n) is 10.1. The second-order valence-electron chi connectivity index (χ2n) is 7.95. The number of fused-ring (bicyclic) bond motifs is 1. The van der Waals surface area contributed by atoms with Crippen LogP contribution in [0.15, 0.2) is 53.5 Å². The zero-order valence-corrected chi connectivity index (χ0v) is 18.2. The highest BCUT2D eigenvalue weighted by molar-refractivity contribution is 6.30. The Morgan fingerprint density at radius 1 is 1.18 bits per heavy atom. The second-order valence-corrected chi connectivity index (χ2v) is 8.39. The molecule has 0 spiro atoms. The summed E-state index contributed by atoms with van der Waals surface area (Å²) in [5.41, 5.74) is -3.21. The van der Waals surface area contributed by atoms with Gasteiger partial charge in [0.15, 0.2) is 5.60 Å². The predicted molar refractivity (Wildman–Crippen MR) is 116 cm³/mol. The maximum Gasteiger partial charge on any atom is 0.420 e. The van der Waals surface area contributed by atoms with Gasteiger partial charge in [-0.1, -0.05) is 23.7 Å². The smallest absolute Gasteiger partial charge is 0.378 e. The Morgan fingerprint density at radius 3 is 2.50 bits per heavy atom. The summed E-state index contributed by atoms with van der Waals surface area (Å²) in [7, 11) is 0. The van der Waals surface area contributed by atoms with E-state index in [1.165, 1.54) is 12.3 Å². The van der Waals surface area contributed by atoms with Crippen molar-refractivity contribution in [2.24, 2.45) is 0 Å². The van der Waals surface area contributed by atoms with Gasteiger partial charge in [-0.15, -0.1) is 0 Å². The van der Waals surface area contributed by atoms with Gasteiger partial charge in [0.1, 0.15) is 17.8 Å². The third-order valence-corrected chi connectivity index (χ3v) is 5.79. The normalized spacial score (nSPS) is 15.1. The van der Waals surface area contributed by atoms with E-state index in [1.54, 1.807) is 36.4 Å². The lowest BCUT2D eigenvalue weighted by atomic mass is 9.93. The first kappa shape index (κ1) is 23.7. The number of carbonyl (C=O) groups is 2. The van der Waals surface area contributed by atoms with Crippen LogP contribution in [-0.4, -0.2) is 56.2 Å². The largest absolute Gasteiger partial charge is 0.420 e. The molecular formula is C22H18ClF3N4O4. The van der Waals surface area contributed by atoms with E-state index in [9.17, 15) is 32.7 Å². The number of aliphatic hydroxyl groups is 1. The second kappa shape index (κ2) is 8.73. The van der Waals surface area contributed by atoms with E-state index < -0.39 is 48.8 Å². The highest BCUT2D eigenvalue weighted by atomic mass is 35.5. The third-order valence-electron chi connectivity index (χ3n) is 5.54. The lowest BCUT2D eigenvalue weighted by molar-refractivity contribution is -0.297. The standard InChI is InChI=1S/C22H18ClF3N4O4/c23-15-5-3-13(4-6-15)9-28-19(32)16-8-14-2-1-7-27-18(14)30(20(16)33)10-17(31)29-11-21(34,12-29)22(24,25)26/h1-8,34H,9-12H2,(H,28,32). The van der Waals surface area contributed by atoms with Gasteiger partial charge in [-0.05, 0) is 35.9 Å². The number of carbonyl (C=O) groups excluding carboxylic acids is 2. The number of rotatable bonds is 5. The summed E-state index contributed by atoms with van der Waals surface area (Å²) in [5.74, 6) is -1.51. The van der Waals surface area contributed by atoms with Gasteiger partial charge < -0.3 is 15.3 Å². The average molecular weight is 495 g/mol. The number of amides is 2. The summed E-state index contributed by atoms with van der Waals surface area (Å²) < 4.78 is 39.6. The maximum absolute atomic E-state index is 13.1. The number of nitrogens with one attached hydrogen (secondary N) is 1. The van der Waals surface area contributed by atoms with Crippen LogP contribution in [0.3, 0.4) is 0 Å². The van der Waals surface area contributed by atoms with Crippen molar-refractivity contribution in [2.45, 2.75) is 24.9 Å². The van der Waals surface area contributed by atoms with Crippen molar-refractivity contribution in [3.63, 3.8) is 0 Å². The van der Waals surface area contributed by atoms with E-state index in [2.05, 4.69) is 10.3 Å². The molecule has 1 aliphatic heterocycles. The summed E-state index contributed by atoms with van der Waals surface area (Å²) in [6, 6.07) is 11.2. The molecule has 0 radical (unpaired) electrons. The van der Waals surface area contributed by atoms with Crippen LogP contribution < -0.4 is 10.9 Å². The molecule has 2 N–H and O–H groups in total. The molecule has 0 atom stereocenters. The van der Waals surface area contributed by atoms with Crippen LogP contribution in [0.4, 0.5) is 13.2 Å². The molecule has 178 valence electrons. The molecule has 0 unspecified atom stereocenters. The number of aromatic nitrogens is 2. The predicted octanol–water partition coefficient (Wildman–Crippen LogP) is 2.12. The van der Waals surface area contributed by atoms with Crippen LogP contribution in [0.5, 0.6) is 0 Å². The lowest BCUT2D eigenvalue weighted by Crippen LogP contribution is -2.70. The molecular weight excluding hydrogens is 477 g/mol. The van der Waals surface area contributed by atoms with Gasteiger partial charge >= 0.3 is 6.18 Å². The minimum absolute atomic E-state index is 0.0988. The molecule has 2 aromatic heterocycles. The van der Waals surface area contributed by atoms with Gasteiger partial charge in [0.05, 0.1) is 13.1 Å². The molecule has 1 fully saturated rings. The summed E-state index contributed by atoms with van der Waals surface area (Å²) >= 11 is 5.84. The van der Waals surface area contributed by atoms with Gasteiger partial charge in [0.25, 0.3) is 11.5 Å². The quantitative estimate of drug-likeness (QED) is 0.565. The summed E-state index contributed by atoms with van der Waals surface area (Å²) in [5, 5.41) is 13.1. The Morgan fingerprint density at radius 2 is 1.85 bits per heavy atom. The fraction of sp³-hybridized carbons (Fsp3) is 0.273. The Bertz CT molecular complexity index is 1320. The van der Waals surface area contributed by atoms with Crippen LogP contribution >= 0.6 is 11.6 Å². The van der Waals surface area contributed by atoms with Crippen molar-refractivity contribution in [1.82, 2.24) is 19.8 Å². The molecule has 0 bridgehead atoms. The van der Waals surface area contributed by atoms with E-state index in [-0.39, 0.29) is 17.8 Å².